The Labute approximate surface area is 243 Å². The molecule has 0 amide bonds. The molecule has 0 nitrogen and oxygen atoms in total. The van der Waals surface area contributed by atoms with Crippen molar-refractivity contribution in [3.8, 4) is 0 Å². The fourth-order valence-electron chi connectivity index (χ4n) is 11.2. The van der Waals surface area contributed by atoms with Crippen LogP contribution in [0.1, 0.15) is 139 Å². The maximum Gasteiger partial charge on any atom is -0.0125 e. The Balaban J connectivity index is 1.57. The van der Waals surface area contributed by atoms with Crippen LogP contribution in [-0.4, -0.2) is 0 Å². The van der Waals surface area contributed by atoms with Crippen LogP contribution in [0.3, 0.4) is 0 Å². The van der Waals surface area contributed by atoms with Gasteiger partial charge in [0.05, 0.1) is 0 Å². The Kier molecular flexibility index (Phi) is 7.76. The van der Waals surface area contributed by atoms with Gasteiger partial charge in [-0.25, -0.2) is 0 Å². The van der Waals surface area contributed by atoms with E-state index in [1.807, 2.05) is 0 Å². The summed E-state index contributed by atoms with van der Waals surface area (Å²) in [6.07, 6.45) is 11.7. The van der Waals surface area contributed by atoms with Crippen LogP contribution in [0.25, 0.3) is 0 Å². The number of benzene rings is 1. The van der Waals surface area contributed by atoms with Gasteiger partial charge in [-0.15, -0.1) is 0 Å². The molecule has 4 aliphatic rings. The second kappa shape index (κ2) is 10.2. The van der Waals surface area contributed by atoms with E-state index in [0.717, 1.165) is 59.2 Å². The summed E-state index contributed by atoms with van der Waals surface area (Å²) in [6, 6.07) is 11.9. The van der Waals surface area contributed by atoms with Gasteiger partial charge in [-0.2, -0.15) is 0 Å². The van der Waals surface area contributed by atoms with E-state index in [1.54, 1.807) is 5.56 Å². The minimum Gasteiger partial charge on any atom is -0.0622 e. The Morgan fingerprint density at radius 3 is 1.56 bits per heavy atom. The SMILES string of the molecule is CC(C)(C)C1CCC2C(C1)C(C(C)(C)C1CCC(C(C)(C)C)C1)C1CC(C(C)(C)C)CC(c3ccccc3)C21. The highest BCUT2D eigenvalue weighted by atomic mass is 14.7. The Bertz CT molecular complexity index is 962. The van der Waals surface area contributed by atoms with Gasteiger partial charge in [0, 0.05) is 0 Å². The van der Waals surface area contributed by atoms with Crippen LogP contribution in [0.4, 0.5) is 0 Å². The van der Waals surface area contributed by atoms with Crippen molar-refractivity contribution in [3.63, 3.8) is 0 Å². The van der Waals surface area contributed by atoms with Crippen LogP contribution < -0.4 is 0 Å². The summed E-state index contributed by atoms with van der Waals surface area (Å²) in [5.74, 6) is 8.78. The lowest BCUT2D eigenvalue weighted by Crippen LogP contribution is -2.43. The predicted molar refractivity (Wildman–Crippen MR) is 170 cm³/mol. The number of rotatable bonds is 3. The highest BCUT2D eigenvalue weighted by molar-refractivity contribution is 5.25. The minimum absolute atomic E-state index is 0.388. The Morgan fingerprint density at radius 2 is 1.00 bits per heavy atom. The first kappa shape index (κ1) is 29.7. The first-order valence-electron chi connectivity index (χ1n) is 17.0. The largest absolute Gasteiger partial charge is 0.0622 e. The van der Waals surface area contributed by atoms with Gasteiger partial charge in [0.25, 0.3) is 0 Å². The second-order valence-electron chi connectivity index (χ2n) is 18.9. The van der Waals surface area contributed by atoms with Crippen LogP contribution >= 0.6 is 0 Å². The van der Waals surface area contributed by atoms with E-state index in [2.05, 4.69) is 106 Å². The summed E-state index contributed by atoms with van der Waals surface area (Å²) in [6.45, 7) is 28.3. The molecule has 0 saturated heterocycles. The highest BCUT2D eigenvalue weighted by Crippen LogP contribution is 2.70. The van der Waals surface area contributed by atoms with Crippen LogP contribution in [0.2, 0.25) is 0 Å². The molecule has 5 rings (SSSR count). The zero-order valence-electron chi connectivity index (χ0n) is 27.8. The lowest BCUT2D eigenvalue weighted by atomic mass is 9.54. The third-order valence-corrected chi connectivity index (χ3v) is 13.7. The summed E-state index contributed by atoms with van der Waals surface area (Å²) < 4.78 is 0. The molecule has 1 aromatic carbocycles. The predicted octanol–water partition coefficient (Wildman–Crippen LogP) is 11.7. The summed E-state index contributed by atoms with van der Waals surface area (Å²) in [4.78, 5) is 0. The van der Waals surface area contributed by atoms with E-state index in [-0.39, 0.29) is 0 Å². The molecule has 0 bridgehead atoms. The molecule has 4 saturated carbocycles. The molecule has 0 aromatic heterocycles. The number of fused-ring (bicyclic) bond motifs is 3. The van der Waals surface area contributed by atoms with Crippen LogP contribution in [0.15, 0.2) is 30.3 Å². The van der Waals surface area contributed by atoms with Gasteiger partial charge in [0.15, 0.2) is 0 Å². The van der Waals surface area contributed by atoms with E-state index in [4.69, 9.17) is 0 Å². The van der Waals surface area contributed by atoms with Gasteiger partial charge >= 0.3 is 0 Å². The van der Waals surface area contributed by atoms with Crippen molar-refractivity contribution in [2.24, 2.45) is 74.9 Å². The van der Waals surface area contributed by atoms with Crippen molar-refractivity contribution in [3.05, 3.63) is 35.9 Å². The molecule has 10 atom stereocenters. The van der Waals surface area contributed by atoms with Gasteiger partial charge in [-0.05, 0) is 138 Å². The summed E-state index contributed by atoms with van der Waals surface area (Å²) in [5, 5.41) is 0. The molecule has 1 aromatic rings. The molecule has 39 heavy (non-hydrogen) atoms. The third-order valence-electron chi connectivity index (χ3n) is 13.7. The van der Waals surface area contributed by atoms with Crippen molar-refractivity contribution in [2.75, 3.05) is 0 Å². The molecule has 0 spiro atoms. The molecular weight excluding hydrogens is 468 g/mol. The average Bonchev–Trinajstić information content (AvgIpc) is 3.47. The molecule has 0 aliphatic heterocycles. The van der Waals surface area contributed by atoms with Gasteiger partial charge in [-0.1, -0.05) is 106 Å². The first-order valence-corrected chi connectivity index (χ1v) is 17.0. The average molecular weight is 533 g/mol. The van der Waals surface area contributed by atoms with Gasteiger partial charge in [0.1, 0.15) is 0 Å². The Hall–Kier alpha value is -0.780. The normalized spacial score (nSPS) is 39.9. The Morgan fingerprint density at radius 1 is 0.487 bits per heavy atom. The van der Waals surface area contributed by atoms with Crippen molar-refractivity contribution in [1.29, 1.82) is 0 Å². The molecule has 220 valence electrons. The zero-order chi connectivity index (χ0) is 28.5. The van der Waals surface area contributed by atoms with Crippen molar-refractivity contribution >= 4 is 0 Å². The fourth-order valence-corrected chi connectivity index (χ4v) is 11.2. The molecule has 10 unspecified atom stereocenters. The van der Waals surface area contributed by atoms with E-state index < -0.39 is 0 Å². The smallest absolute Gasteiger partial charge is 0.0125 e. The van der Waals surface area contributed by atoms with Gasteiger partial charge in [0.2, 0.25) is 0 Å². The first-order chi connectivity index (χ1) is 18.0. The van der Waals surface area contributed by atoms with Crippen molar-refractivity contribution < 1.29 is 0 Å². The van der Waals surface area contributed by atoms with Crippen molar-refractivity contribution in [2.45, 2.75) is 133 Å². The number of hydrogen-bond donors (Lipinski definition) is 0. The molecule has 4 fully saturated rings. The summed E-state index contributed by atoms with van der Waals surface area (Å²) in [5.41, 5.74) is 3.37. The standard InChI is InChI=1S/C39H64/c1-36(2,3)26-17-18-28(21-26)39(10,11)35-32-22-27(37(4,5)6)19-20-30(32)34-31(25-15-13-12-14-16-25)23-29(24-33(34)35)38(7,8)9/h12-16,26-35H,17-24H2,1-11H3. The molecular formula is C39H64. The maximum atomic E-state index is 2.77. The highest BCUT2D eigenvalue weighted by Gasteiger charge is 2.62. The van der Waals surface area contributed by atoms with Crippen LogP contribution in [0, 0.1) is 74.9 Å². The second-order valence-corrected chi connectivity index (χ2v) is 18.9. The van der Waals surface area contributed by atoms with E-state index in [0.29, 0.717) is 21.7 Å². The summed E-state index contributed by atoms with van der Waals surface area (Å²) in [7, 11) is 0. The van der Waals surface area contributed by atoms with E-state index >= 15 is 0 Å². The van der Waals surface area contributed by atoms with Crippen LogP contribution in [-0.2, 0) is 0 Å². The van der Waals surface area contributed by atoms with Gasteiger partial charge < -0.3 is 0 Å². The molecule has 0 N–H and O–H groups in total. The minimum atomic E-state index is 0.388. The monoisotopic (exact) mass is 533 g/mol. The topological polar surface area (TPSA) is 0 Å². The zero-order valence-corrected chi connectivity index (χ0v) is 27.8. The maximum absolute atomic E-state index is 2.77. The molecule has 0 heteroatoms. The van der Waals surface area contributed by atoms with Crippen LogP contribution in [0.5, 0.6) is 0 Å². The quantitative estimate of drug-likeness (QED) is 0.363. The summed E-state index contributed by atoms with van der Waals surface area (Å²) >= 11 is 0. The lowest BCUT2D eigenvalue weighted by Gasteiger charge is -2.50. The number of hydrogen-bond acceptors (Lipinski definition) is 0. The van der Waals surface area contributed by atoms with Gasteiger partial charge in [-0.3, -0.25) is 0 Å². The molecule has 4 aliphatic carbocycles. The van der Waals surface area contributed by atoms with E-state index in [1.165, 1.54) is 51.4 Å². The third kappa shape index (κ3) is 5.55. The fraction of sp³-hybridized carbons (Fsp3) is 0.846. The van der Waals surface area contributed by atoms with Crippen molar-refractivity contribution in [1.82, 2.24) is 0 Å². The lowest BCUT2D eigenvalue weighted by molar-refractivity contribution is -0.00584. The van der Waals surface area contributed by atoms with E-state index in [9.17, 15) is 0 Å². The molecule has 0 radical (unpaired) electrons. The molecule has 0 heterocycles.